The third-order valence-electron chi connectivity index (χ3n) is 3.04. The summed E-state index contributed by atoms with van der Waals surface area (Å²) >= 11 is 0. The number of hydrogen-bond acceptors (Lipinski definition) is 4. The van der Waals surface area contributed by atoms with Gasteiger partial charge >= 0.3 is 5.97 Å². The van der Waals surface area contributed by atoms with Crippen LogP contribution in [-0.2, 0) is 9.53 Å². The number of halogens is 1. The molecule has 1 heterocycles. The minimum Gasteiger partial charge on any atom is -0.478 e. The van der Waals surface area contributed by atoms with Gasteiger partial charge < -0.3 is 14.8 Å². The number of rotatable bonds is 4. The largest absolute Gasteiger partial charge is 0.478 e. The topological polar surface area (TPSA) is 47.6 Å². The molecule has 1 fully saturated rings. The highest BCUT2D eigenvalue weighted by molar-refractivity contribution is 5.76. The first-order valence-corrected chi connectivity index (χ1v) is 5.92. The van der Waals surface area contributed by atoms with Crippen LogP contribution >= 0.6 is 0 Å². The molecule has 0 aromatic heterocycles. The first kappa shape index (κ1) is 12.8. The van der Waals surface area contributed by atoms with E-state index in [2.05, 4.69) is 5.32 Å². The van der Waals surface area contributed by atoms with Crippen molar-refractivity contribution in [1.82, 2.24) is 5.32 Å². The van der Waals surface area contributed by atoms with Gasteiger partial charge in [-0.1, -0.05) is 6.07 Å². The Morgan fingerprint density at radius 3 is 2.89 bits per heavy atom. The zero-order valence-electron chi connectivity index (χ0n) is 10.4. The maximum Gasteiger partial charge on any atom is 0.347 e. The zero-order valence-corrected chi connectivity index (χ0v) is 10.4. The zero-order chi connectivity index (χ0) is 13.1. The summed E-state index contributed by atoms with van der Waals surface area (Å²) in [6, 6.07) is 4.55. The van der Waals surface area contributed by atoms with Crippen molar-refractivity contribution >= 4 is 5.97 Å². The number of cyclic esters (lactones) is 1. The fraction of sp³-hybridized carbons (Fsp3) is 0.462. The van der Waals surface area contributed by atoms with E-state index in [9.17, 15) is 9.18 Å². The average molecular weight is 253 g/mol. The summed E-state index contributed by atoms with van der Waals surface area (Å²) < 4.78 is 24.0. The lowest BCUT2D eigenvalue weighted by Crippen LogP contribution is -2.22. The highest BCUT2D eigenvalue weighted by Gasteiger charge is 2.28. The molecule has 5 heteroatoms. The molecule has 2 atom stereocenters. The molecule has 1 aliphatic heterocycles. The van der Waals surface area contributed by atoms with E-state index in [1.54, 1.807) is 19.2 Å². The van der Waals surface area contributed by atoms with Crippen LogP contribution in [0.3, 0.4) is 0 Å². The molecule has 1 N–H and O–H groups in total. The van der Waals surface area contributed by atoms with Crippen molar-refractivity contribution in [3.8, 4) is 5.75 Å². The number of nitrogens with one attached hydrogen (secondary N) is 1. The van der Waals surface area contributed by atoms with Crippen LogP contribution < -0.4 is 10.1 Å². The number of benzene rings is 1. The lowest BCUT2D eigenvalue weighted by Gasteiger charge is -2.14. The van der Waals surface area contributed by atoms with Gasteiger partial charge in [0, 0.05) is 24.1 Å². The van der Waals surface area contributed by atoms with Crippen LogP contribution in [0.15, 0.2) is 18.2 Å². The molecule has 1 aromatic rings. The predicted octanol–water partition coefficient (Wildman–Crippen LogP) is 1.80. The minimum atomic E-state index is -0.614. The van der Waals surface area contributed by atoms with Gasteiger partial charge in [0.15, 0.2) is 6.10 Å². The summed E-state index contributed by atoms with van der Waals surface area (Å²) in [5.74, 6) is -0.382. The van der Waals surface area contributed by atoms with Gasteiger partial charge in [-0.2, -0.15) is 0 Å². The fourth-order valence-electron chi connectivity index (χ4n) is 1.84. The number of ether oxygens (including phenoxy) is 2. The Morgan fingerprint density at radius 2 is 2.33 bits per heavy atom. The Bertz CT molecular complexity index is 450. The molecule has 0 spiro atoms. The highest BCUT2D eigenvalue weighted by Crippen LogP contribution is 2.24. The Labute approximate surface area is 105 Å². The number of hydrogen-bond donors (Lipinski definition) is 1. The lowest BCUT2D eigenvalue weighted by molar-refractivity contribution is -0.143. The molecule has 0 amide bonds. The first-order chi connectivity index (χ1) is 8.61. The van der Waals surface area contributed by atoms with Crippen LogP contribution in [0.5, 0.6) is 5.75 Å². The Kier molecular flexibility index (Phi) is 3.81. The van der Waals surface area contributed by atoms with E-state index >= 15 is 0 Å². The Hall–Kier alpha value is -1.62. The van der Waals surface area contributed by atoms with Crippen LogP contribution in [-0.4, -0.2) is 25.7 Å². The maximum atomic E-state index is 13.8. The second-order valence-electron chi connectivity index (χ2n) is 4.26. The van der Waals surface area contributed by atoms with Crippen molar-refractivity contribution in [2.24, 2.45) is 0 Å². The summed E-state index contributed by atoms with van der Waals surface area (Å²) in [6.45, 7) is 2.23. The molecule has 2 rings (SSSR count). The third-order valence-corrected chi connectivity index (χ3v) is 3.04. The minimum absolute atomic E-state index is 0.0736. The molecule has 0 saturated carbocycles. The van der Waals surface area contributed by atoms with Crippen molar-refractivity contribution in [2.45, 2.75) is 25.5 Å². The fourth-order valence-corrected chi connectivity index (χ4v) is 1.84. The van der Waals surface area contributed by atoms with Crippen LogP contribution in [0.25, 0.3) is 0 Å². The summed E-state index contributed by atoms with van der Waals surface area (Å²) in [5, 5.41) is 2.97. The number of esters is 1. The summed E-state index contributed by atoms with van der Waals surface area (Å²) in [7, 11) is 1.77. The van der Waals surface area contributed by atoms with Crippen LogP contribution in [0.1, 0.15) is 24.9 Å². The quantitative estimate of drug-likeness (QED) is 0.831. The molecule has 98 valence electrons. The van der Waals surface area contributed by atoms with Crippen molar-refractivity contribution in [2.75, 3.05) is 13.7 Å². The van der Waals surface area contributed by atoms with Crippen LogP contribution in [0.4, 0.5) is 4.39 Å². The van der Waals surface area contributed by atoms with Crippen molar-refractivity contribution in [1.29, 1.82) is 0 Å². The van der Waals surface area contributed by atoms with Gasteiger partial charge in [-0.05, 0) is 20.0 Å². The average Bonchev–Trinajstić information content (AvgIpc) is 2.74. The van der Waals surface area contributed by atoms with Crippen molar-refractivity contribution in [3.05, 3.63) is 29.6 Å². The van der Waals surface area contributed by atoms with Crippen molar-refractivity contribution in [3.63, 3.8) is 0 Å². The normalized spacial score (nSPS) is 20.6. The number of carbonyl (C=O) groups is 1. The maximum absolute atomic E-state index is 13.8. The van der Waals surface area contributed by atoms with Gasteiger partial charge in [0.1, 0.15) is 11.6 Å². The van der Waals surface area contributed by atoms with E-state index in [0.29, 0.717) is 24.3 Å². The molecule has 2 unspecified atom stereocenters. The highest BCUT2D eigenvalue weighted by atomic mass is 19.1. The molecule has 1 saturated heterocycles. The van der Waals surface area contributed by atoms with Gasteiger partial charge in [-0.25, -0.2) is 9.18 Å². The predicted molar refractivity (Wildman–Crippen MR) is 63.9 cm³/mol. The van der Waals surface area contributed by atoms with Gasteiger partial charge in [-0.15, -0.1) is 0 Å². The molecule has 1 aromatic carbocycles. The molecule has 0 radical (unpaired) electrons. The Morgan fingerprint density at radius 1 is 1.56 bits per heavy atom. The smallest absolute Gasteiger partial charge is 0.347 e. The summed E-state index contributed by atoms with van der Waals surface area (Å²) in [6.07, 6.45) is -0.105. The monoisotopic (exact) mass is 253 g/mol. The Balaban J connectivity index is 2.11. The van der Waals surface area contributed by atoms with Gasteiger partial charge in [-0.3, -0.25) is 0 Å². The lowest BCUT2D eigenvalue weighted by atomic mass is 10.1. The third kappa shape index (κ3) is 2.61. The summed E-state index contributed by atoms with van der Waals surface area (Å²) in [4.78, 5) is 11.2. The van der Waals surface area contributed by atoms with Gasteiger partial charge in [0.2, 0.25) is 0 Å². The summed E-state index contributed by atoms with van der Waals surface area (Å²) in [5.41, 5.74) is 0.568. The van der Waals surface area contributed by atoms with E-state index in [0.717, 1.165) is 0 Å². The van der Waals surface area contributed by atoms with E-state index in [4.69, 9.17) is 9.47 Å². The molecule has 0 aliphatic carbocycles. The molecule has 1 aliphatic rings. The first-order valence-electron chi connectivity index (χ1n) is 5.92. The molecule has 4 nitrogen and oxygen atoms in total. The standard InChI is InChI=1S/C13H16FNO3/c1-8(15-2)10-4-3-9(7-11(10)14)18-12-5-6-17-13(12)16/h3-4,7-8,12,15H,5-6H2,1-2H3. The van der Waals surface area contributed by atoms with Crippen molar-refractivity contribution < 1.29 is 18.7 Å². The van der Waals surface area contributed by atoms with E-state index in [-0.39, 0.29) is 17.8 Å². The van der Waals surface area contributed by atoms with E-state index < -0.39 is 6.10 Å². The van der Waals surface area contributed by atoms with Gasteiger partial charge in [0.05, 0.1) is 6.61 Å². The molecule has 0 bridgehead atoms. The second kappa shape index (κ2) is 5.35. The molecule has 18 heavy (non-hydrogen) atoms. The SMILES string of the molecule is CNC(C)c1ccc(OC2CCOC2=O)cc1F. The number of carbonyl (C=O) groups excluding carboxylic acids is 1. The molecular formula is C13H16FNO3. The van der Waals surface area contributed by atoms with Crippen LogP contribution in [0, 0.1) is 5.82 Å². The van der Waals surface area contributed by atoms with E-state index in [1.807, 2.05) is 6.92 Å². The molecular weight excluding hydrogens is 237 g/mol. The second-order valence-corrected chi connectivity index (χ2v) is 4.26. The van der Waals surface area contributed by atoms with Gasteiger partial charge in [0.25, 0.3) is 0 Å². The van der Waals surface area contributed by atoms with E-state index in [1.165, 1.54) is 6.07 Å². The van der Waals surface area contributed by atoms with Crippen LogP contribution in [0.2, 0.25) is 0 Å².